The molecule has 0 aromatic carbocycles. The van der Waals surface area contributed by atoms with Crippen LogP contribution in [0.2, 0.25) is 0 Å². The van der Waals surface area contributed by atoms with Gasteiger partial charge in [-0.25, -0.2) is 9.59 Å². The number of carbonyl (C=O) groups is 2. The molecule has 112 valence electrons. The van der Waals surface area contributed by atoms with E-state index in [1.54, 1.807) is 0 Å². The van der Waals surface area contributed by atoms with E-state index < -0.39 is 0 Å². The first-order valence-corrected chi connectivity index (χ1v) is 7.08. The van der Waals surface area contributed by atoms with Gasteiger partial charge in [0.05, 0.1) is 0 Å². The quantitative estimate of drug-likeness (QED) is 0.585. The van der Waals surface area contributed by atoms with Crippen molar-refractivity contribution in [3.05, 3.63) is 23.3 Å². The number of rotatable bonds is 4. The Labute approximate surface area is 120 Å². The summed E-state index contributed by atoms with van der Waals surface area (Å²) in [7, 11) is 0. The van der Waals surface area contributed by atoms with Gasteiger partial charge in [0.15, 0.2) is 0 Å². The molecule has 0 aromatic heterocycles. The fourth-order valence-electron chi connectivity index (χ4n) is 2.18. The average Bonchev–Trinajstić information content (AvgIpc) is 2.26. The maximum absolute atomic E-state index is 11.6. The zero-order chi connectivity index (χ0) is 15.1. The van der Waals surface area contributed by atoms with Crippen LogP contribution in [-0.4, -0.2) is 24.1 Å². The maximum Gasteiger partial charge on any atom is 0.330 e. The molecule has 1 fully saturated rings. The van der Waals surface area contributed by atoms with Gasteiger partial charge in [0.2, 0.25) is 0 Å². The molecule has 0 amide bonds. The largest absolute Gasteiger partial charge is 0.459 e. The van der Waals surface area contributed by atoms with Crippen LogP contribution in [0.1, 0.15) is 53.4 Å². The fraction of sp³-hybridized carbons (Fsp3) is 0.625. The third kappa shape index (κ3) is 6.55. The predicted molar refractivity (Wildman–Crippen MR) is 77.1 cm³/mol. The molecule has 0 aromatic rings. The minimum atomic E-state index is -0.314. The normalized spacial score (nSPS) is 21.6. The summed E-state index contributed by atoms with van der Waals surface area (Å²) in [5.41, 5.74) is 1.83. The summed E-state index contributed by atoms with van der Waals surface area (Å²) in [5, 5.41) is 0. The molecule has 0 heterocycles. The lowest BCUT2D eigenvalue weighted by Crippen LogP contribution is -2.30. The molecular formula is C16H24O4. The summed E-state index contributed by atoms with van der Waals surface area (Å²) in [6, 6.07) is 0. The van der Waals surface area contributed by atoms with Crippen molar-refractivity contribution in [1.29, 1.82) is 0 Å². The Morgan fingerprint density at radius 1 is 0.850 bits per heavy atom. The van der Waals surface area contributed by atoms with E-state index in [0.717, 1.165) is 30.4 Å². The van der Waals surface area contributed by atoms with Crippen LogP contribution in [0.4, 0.5) is 0 Å². The highest BCUT2D eigenvalue weighted by molar-refractivity contribution is 5.83. The average molecular weight is 280 g/mol. The van der Waals surface area contributed by atoms with E-state index in [-0.39, 0.29) is 24.1 Å². The Hall–Kier alpha value is -1.58. The van der Waals surface area contributed by atoms with Crippen LogP contribution in [0.3, 0.4) is 0 Å². The van der Waals surface area contributed by atoms with Crippen molar-refractivity contribution in [2.24, 2.45) is 0 Å². The van der Waals surface area contributed by atoms with Gasteiger partial charge in [-0.2, -0.15) is 0 Å². The van der Waals surface area contributed by atoms with Gasteiger partial charge in [-0.05, 0) is 47.0 Å². The van der Waals surface area contributed by atoms with Crippen molar-refractivity contribution in [3.63, 3.8) is 0 Å². The van der Waals surface area contributed by atoms with E-state index in [1.807, 2.05) is 27.7 Å². The maximum atomic E-state index is 11.6. The molecule has 0 N–H and O–H groups in total. The van der Waals surface area contributed by atoms with Crippen LogP contribution < -0.4 is 0 Å². The Bertz CT molecular complexity index is 374. The first-order valence-electron chi connectivity index (χ1n) is 7.08. The zero-order valence-electron chi connectivity index (χ0n) is 12.8. The second kappa shape index (κ2) is 7.88. The van der Waals surface area contributed by atoms with Crippen LogP contribution in [-0.2, 0) is 19.1 Å². The summed E-state index contributed by atoms with van der Waals surface area (Å²) >= 11 is 0. The van der Waals surface area contributed by atoms with Gasteiger partial charge in [0.1, 0.15) is 12.2 Å². The molecule has 2 atom stereocenters. The molecule has 1 saturated carbocycles. The monoisotopic (exact) mass is 280 g/mol. The van der Waals surface area contributed by atoms with Crippen LogP contribution in [0.5, 0.6) is 0 Å². The van der Waals surface area contributed by atoms with Gasteiger partial charge in [-0.15, -0.1) is 0 Å². The van der Waals surface area contributed by atoms with Gasteiger partial charge < -0.3 is 9.47 Å². The minimum Gasteiger partial charge on any atom is -0.459 e. The molecule has 0 radical (unpaired) electrons. The standard InChI is InChI=1S/C16H24O4/c1-11(2)8-15(17)19-13-6-5-7-14(10-13)20-16(18)9-12(3)4/h8-9,13-14H,5-7,10H2,1-4H3. The molecular weight excluding hydrogens is 256 g/mol. The van der Waals surface area contributed by atoms with Crippen molar-refractivity contribution in [2.75, 3.05) is 0 Å². The van der Waals surface area contributed by atoms with E-state index in [2.05, 4.69) is 0 Å². The molecule has 0 aliphatic heterocycles. The van der Waals surface area contributed by atoms with Crippen LogP contribution in [0.15, 0.2) is 23.3 Å². The highest BCUT2D eigenvalue weighted by Gasteiger charge is 2.26. The molecule has 2 unspecified atom stereocenters. The molecule has 0 spiro atoms. The lowest BCUT2D eigenvalue weighted by molar-refractivity contribution is -0.152. The third-order valence-electron chi connectivity index (χ3n) is 2.96. The van der Waals surface area contributed by atoms with Crippen LogP contribution in [0, 0.1) is 0 Å². The summed E-state index contributed by atoms with van der Waals surface area (Å²) in [6.45, 7) is 7.41. The highest BCUT2D eigenvalue weighted by Crippen LogP contribution is 2.24. The SMILES string of the molecule is CC(C)=CC(=O)OC1CCCC(OC(=O)C=C(C)C)C1. The van der Waals surface area contributed by atoms with Crippen molar-refractivity contribution in [2.45, 2.75) is 65.6 Å². The molecule has 1 rings (SSSR count). The number of hydrogen-bond acceptors (Lipinski definition) is 4. The van der Waals surface area contributed by atoms with Gasteiger partial charge in [-0.3, -0.25) is 0 Å². The molecule has 0 saturated heterocycles. The van der Waals surface area contributed by atoms with Gasteiger partial charge >= 0.3 is 11.9 Å². The van der Waals surface area contributed by atoms with Crippen molar-refractivity contribution >= 4 is 11.9 Å². The zero-order valence-corrected chi connectivity index (χ0v) is 12.8. The third-order valence-corrected chi connectivity index (χ3v) is 2.96. The van der Waals surface area contributed by atoms with Crippen molar-refractivity contribution in [3.8, 4) is 0 Å². The lowest BCUT2D eigenvalue weighted by Gasteiger charge is -2.28. The molecule has 20 heavy (non-hydrogen) atoms. The predicted octanol–water partition coefficient (Wildman–Crippen LogP) is 3.32. The second-order valence-corrected chi connectivity index (χ2v) is 5.73. The molecule has 1 aliphatic carbocycles. The first-order chi connectivity index (χ1) is 9.36. The van der Waals surface area contributed by atoms with E-state index in [4.69, 9.17) is 9.47 Å². The highest BCUT2D eigenvalue weighted by atomic mass is 16.6. The Kier molecular flexibility index (Phi) is 6.49. The number of carbonyl (C=O) groups excluding carboxylic acids is 2. The summed E-state index contributed by atoms with van der Waals surface area (Å²) < 4.78 is 10.7. The van der Waals surface area contributed by atoms with Crippen molar-refractivity contribution in [1.82, 2.24) is 0 Å². The number of esters is 2. The molecule has 4 heteroatoms. The molecule has 0 bridgehead atoms. The molecule has 4 nitrogen and oxygen atoms in total. The van der Waals surface area contributed by atoms with Crippen LogP contribution >= 0.6 is 0 Å². The Morgan fingerprint density at radius 2 is 1.25 bits per heavy atom. The summed E-state index contributed by atoms with van der Waals surface area (Å²) in [5.74, 6) is -0.627. The second-order valence-electron chi connectivity index (χ2n) is 5.73. The summed E-state index contributed by atoms with van der Waals surface area (Å²) in [6.07, 6.45) is 5.81. The van der Waals surface area contributed by atoms with E-state index in [0.29, 0.717) is 6.42 Å². The molecule has 1 aliphatic rings. The fourth-order valence-corrected chi connectivity index (χ4v) is 2.18. The number of allylic oxidation sites excluding steroid dienone is 2. The van der Waals surface area contributed by atoms with E-state index in [9.17, 15) is 9.59 Å². The van der Waals surface area contributed by atoms with Gasteiger partial charge in [0, 0.05) is 18.6 Å². The van der Waals surface area contributed by atoms with Gasteiger partial charge in [0.25, 0.3) is 0 Å². The van der Waals surface area contributed by atoms with Crippen LogP contribution in [0.25, 0.3) is 0 Å². The smallest absolute Gasteiger partial charge is 0.330 e. The Morgan fingerprint density at radius 3 is 1.60 bits per heavy atom. The first kappa shape index (κ1) is 16.5. The van der Waals surface area contributed by atoms with E-state index in [1.165, 1.54) is 12.2 Å². The Balaban J connectivity index is 2.46. The number of ether oxygens (including phenoxy) is 2. The van der Waals surface area contributed by atoms with Gasteiger partial charge in [-0.1, -0.05) is 11.1 Å². The summed E-state index contributed by atoms with van der Waals surface area (Å²) in [4.78, 5) is 23.2. The topological polar surface area (TPSA) is 52.6 Å². The van der Waals surface area contributed by atoms with Crippen molar-refractivity contribution < 1.29 is 19.1 Å². The van der Waals surface area contributed by atoms with E-state index >= 15 is 0 Å². The lowest BCUT2D eigenvalue weighted by atomic mass is 9.95. The number of hydrogen-bond donors (Lipinski definition) is 0. The minimum absolute atomic E-state index is 0.156.